The molecule has 6 N–H and O–H groups in total. The van der Waals surface area contributed by atoms with Crippen molar-refractivity contribution in [2.45, 2.75) is 176 Å². The number of aromatic nitrogens is 3. The van der Waals surface area contributed by atoms with Gasteiger partial charge in [-0.1, -0.05) is 57.7 Å². The molecule has 0 amide bonds. The summed E-state index contributed by atoms with van der Waals surface area (Å²) in [6, 6.07) is 31.0. The van der Waals surface area contributed by atoms with E-state index in [-0.39, 0.29) is 77.1 Å². The number of carbonyl (C=O) groups excluding carboxylic acids is 4. The van der Waals surface area contributed by atoms with Crippen LogP contribution in [0.2, 0.25) is 0 Å². The Balaban J connectivity index is 0.000000245. The number of carbonyl (C=O) groups is 4. The van der Waals surface area contributed by atoms with E-state index in [1.165, 1.54) is 52.2 Å². The molecule has 0 radical (unpaired) electrons. The predicted octanol–water partition coefficient (Wildman–Crippen LogP) is 15.3. The summed E-state index contributed by atoms with van der Waals surface area (Å²) in [6.07, 6.45) is -0.407. The van der Waals surface area contributed by atoms with Crippen LogP contribution in [0.1, 0.15) is 97.6 Å². The molecule has 6 heterocycles. The SMILES string of the molecule is C#CCNc1ccc(S(C)(=O)=O)cc1OC.CCC(=O)OC(=O)CC.CCC(=O)O[C@H](COC)CN1CCC(Nc2cccc3c2cc(C#CCNc2ccc(S(C)(=O)=O)cc2OC)n3CC(F)(F)F)CC1.CCC(=O)O[C@H](COC)CN1CCC(Nc2cccc3c2cc(I)n3CC(F)(F)F)CC1.COC[C@@H](O)CN1CCC(Nc2cccc3c2cc(I)n3CC(F)(F)F)CC1. The molecule has 3 atom stereocenters. The zero-order chi connectivity index (χ0) is 97.3. The first-order valence-electron chi connectivity index (χ1n) is 42.7. The molecule has 41 heteroatoms. The van der Waals surface area contributed by atoms with Crippen molar-refractivity contribution in [2.75, 3.05) is 166 Å². The van der Waals surface area contributed by atoms with E-state index in [1.807, 2.05) is 63.4 Å². The van der Waals surface area contributed by atoms with Gasteiger partial charge in [0.15, 0.2) is 19.7 Å². The number of aliphatic hydroxyl groups is 1. The Morgan fingerprint density at radius 3 is 1.14 bits per heavy atom. The number of rotatable bonds is 35. The number of β-amino-alcohol motifs (C(OH)–C–C–N with tert-alkyl or cyclic N) is 1. The van der Waals surface area contributed by atoms with Crippen molar-refractivity contribution in [1.82, 2.24) is 28.4 Å². The van der Waals surface area contributed by atoms with Crippen LogP contribution in [-0.2, 0) is 86.9 Å². The first kappa shape index (κ1) is 110. The molecule has 3 aromatic heterocycles. The Bertz CT molecular complexity index is 5410. The average molecular weight is 2130 g/mol. The van der Waals surface area contributed by atoms with Crippen molar-refractivity contribution in [3.63, 3.8) is 0 Å². The minimum Gasteiger partial charge on any atom is -0.495 e. The quantitative estimate of drug-likeness (QED) is 0.00537. The second-order valence-corrected chi connectivity index (χ2v) is 37.7. The minimum absolute atomic E-state index is 0.0781. The Morgan fingerprint density at radius 1 is 0.470 bits per heavy atom. The molecule has 3 aliphatic rings. The maximum atomic E-state index is 13.7. The number of hydrogen-bond acceptors (Lipinski definition) is 25. The molecule has 0 saturated carbocycles. The Morgan fingerprint density at radius 2 is 0.811 bits per heavy atom. The number of benzene rings is 5. The number of ether oxygens (including phenoxy) is 8. The molecule has 11 rings (SSSR count). The van der Waals surface area contributed by atoms with Crippen molar-refractivity contribution < 1.29 is 119 Å². The van der Waals surface area contributed by atoms with Gasteiger partial charge in [-0.25, -0.2) is 16.8 Å². The number of halogens is 11. The second-order valence-electron chi connectivity index (χ2n) is 31.4. The number of anilines is 5. The fourth-order valence-corrected chi connectivity index (χ4v) is 17.6. The van der Waals surface area contributed by atoms with Crippen LogP contribution in [0.3, 0.4) is 0 Å². The third-order valence-electron chi connectivity index (χ3n) is 21.2. The molecule has 0 unspecified atom stereocenters. The van der Waals surface area contributed by atoms with Crippen LogP contribution in [0.15, 0.2) is 119 Å². The van der Waals surface area contributed by atoms with E-state index in [4.69, 9.17) is 39.6 Å². The number of nitrogens with zero attached hydrogens (tertiary/aromatic N) is 6. The van der Waals surface area contributed by atoms with Gasteiger partial charge in [0, 0.05) is 182 Å². The average Bonchev–Trinajstić information content (AvgIpc) is 1.63. The van der Waals surface area contributed by atoms with Gasteiger partial charge in [0.1, 0.15) is 43.3 Å². The highest BCUT2D eigenvalue weighted by Gasteiger charge is 2.35. The summed E-state index contributed by atoms with van der Waals surface area (Å²) in [7, 11) is 0.968. The number of hydrogen-bond donors (Lipinski definition) is 6. The number of sulfone groups is 2. The molecule has 28 nitrogen and oxygen atoms in total. The van der Waals surface area contributed by atoms with Crippen molar-refractivity contribution >= 4 is 150 Å². The number of piperidine rings is 3. The van der Waals surface area contributed by atoms with Gasteiger partial charge in [-0.3, -0.25) is 29.0 Å². The van der Waals surface area contributed by atoms with Crippen LogP contribution in [0.4, 0.5) is 68.0 Å². The van der Waals surface area contributed by atoms with Crippen LogP contribution in [0.5, 0.6) is 11.5 Å². The number of likely N-dealkylation sites (tertiary alicyclic amines) is 3. The molecule has 0 aliphatic carbocycles. The molecule has 132 heavy (non-hydrogen) atoms. The zero-order valence-electron chi connectivity index (χ0n) is 75.7. The topological polar surface area (TPSA) is 315 Å². The Labute approximate surface area is 792 Å². The second kappa shape index (κ2) is 52.7. The molecule has 3 aliphatic heterocycles. The zero-order valence-corrected chi connectivity index (χ0v) is 81.6. The highest BCUT2D eigenvalue weighted by atomic mass is 127. The summed E-state index contributed by atoms with van der Waals surface area (Å²) < 4.78 is 211. The molecule has 728 valence electrons. The molecule has 0 spiro atoms. The number of alkyl halides is 9. The van der Waals surface area contributed by atoms with Gasteiger partial charge in [-0.2, -0.15) is 39.5 Å². The fraction of sp³-hybridized carbons (Fsp3) is 0.516. The predicted molar refractivity (Wildman–Crippen MR) is 507 cm³/mol. The third kappa shape index (κ3) is 36.0. The van der Waals surface area contributed by atoms with E-state index in [9.17, 15) is 80.6 Å². The number of methoxy groups -OCH3 is 5. The van der Waals surface area contributed by atoms with Crippen molar-refractivity contribution in [1.29, 1.82) is 0 Å². The summed E-state index contributed by atoms with van der Waals surface area (Å²) in [6.45, 7) is 11.8. The van der Waals surface area contributed by atoms with Crippen molar-refractivity contribution in [2.24, 2.45) is 0 Å². The van der Waals surface area contributed by atoms with Gasteiger partial charge in [0.25, 0.3) is 0 Å². The van der Waals surface area contributed by atoms with Crippen LogP contribution in [0.25, 0.3) is 32.7 Å². The molecular formula is C91H118F9I2N11O17S2. The van der Waals surface area contributed by atoms with E-state index in [0.717, 1.165) is 118 Å². The van der Waals surface area contributed by atoms with E-state index >= 15 is 0 Å². The molecule has 3 saturated heterocycles. The first-order valence-corrected chi connectivity index (χ1v) is 48.7. The van der Waals surface area contributed by atoms with Crippen LogP contribution in [-0.4, -0.2) is 269 Å². The number of nitrogens with one attached hydrogen (secondary N) is 5. The standard InChI is InChI=1S/C33H41F3N4O6S.C22H29F3IN3O3.C19H25F3IN3O2.C11H13NO3S.C6H10O3/c1-5-32(41)46-25(21-44-2)20-39-16-13-23(14-17-39)38-28-9-6-10-30-27(28)18-24(40(30)22-33(34,35)36)8-7-15-37-29-12-11-26(47(4,42)43)19-31(29)45-3;1-3-21(30)32-16(13-31-2)12-28-9-7-15(8-10-28)27-18-5-4-6-19-17(18)11-20(26)29(19)14-22(23,24)25;1-28-11-14(27)10-25-7-5-13(6-8-25)24-16-3-2-4-17-15(16)9-18(23)26(17)12-19(20,21)22;1-4-7-12-10-6-5-9(16(3,13)14)8-11(10)15-2;1-3-5(7)9-6(8)4-2/h6,9-12,18-19,23,25,37-38H,5,13-17,20-22H2,1-4H3;4-6,11,15-16,27H,3,7-10,12-14H2,1-2H3;2-4,9,13-14,24,27H,5-8,10-12H2,1H3;1,5-6,8,12H,7H2,2-3H3;3-4H2,1-2H3/t25-;16-;14-;;/m000../s1. The number of fused-ring (bicyclic) bond motifs is 3. The van der Waals surface area contributed by atoms with Gasteiger partial charge >= 0.3 is 42.4 Å². The van der Waals surface area contributed by atoms with E-state index in [0.29, 0.717) is 111 Å². The van der Waals surface area contributed by atoms with Gasteiger partial charge in [-0.05, 0) is 168 Å². The monoisotopic (exact) mass is 2130 g/mol. The summed E-state index contributed by atoms with van der Waals surface area (Å²) in [5.74, 6) is 7.55. The third-order valence-corrected chi connectivity index (χ3v) is 25.2. The van der Waals surface area contributed by atoms with E-state index < -0.39 is 75.9 Å². The summed E-state index contributed by atoms with van der Waals surface area (Å²) >= 11 is 3.91. The molecule has 0 bridgehead atoms. The molecule has 8 aromatic rings. The largest absolute Gasteiger partial charge is 0.495 e. The van der Waals surface area contributed by atoms with Gasteiger partial charge < -0.3 is 88.2 Å². The maximum Gasteiger partial charge on any atom is 0.406 e. The Kier molecular flexibility index (Phi) is 43.9. The Hall–Kier alpha value is -9.03. The molecular weight excluding hydrogens is 2010 g/mol. The highest BCUT2D eigenvalue weighted by Crippen LogP contribution is 2.37. The maximum absolute atomic E-state index is 13.7. The number of terminal acetylenes is 1. The lowest BCUT2D eigenvalue weighted by atomic mass is 10.0. The fourth-order valence-electron chi connectivity index (χ4n) is 14.8. The van der Waals surface area contributed by atoms with Crippen LogP contribution in [0, 0.1) is 31.6 Å². The lowest BCUT2D eigenvalue weighted by molar-refractivity contribution is -0.159. The first-order chi connectivity index (χ1) is 62.5. The van der Waals surface area contributed by atoms with Gasteiger partial charge in [-0.15, -0.1) is 6.42 Å². The summed E-state index contributed by atoms with van der Waals surface area (Å²) in [5.41, 5.74) is 5.43. The van der Waals surface area contributed by atoms with Crippen LogP contribution >= 0.6 is 45.2 Å². The normalized spacial score (nSPS) is 15.2. The van der Waals surface area contributed by atoms with Gasteiger partial charge in [0.05, 0.1) is 104 Å². The summed E-state index contributed by atoms with van der Waals surface area (Å²) in [4.78, 5) is 51.1. The molecule has 3 fully saturated rings. The smallest absolute Gasteiger partial charge is 0.406 e. The summed E-state index contributed by atoms with van der Waals surface area (Å²) in [5, 5.41) is 28.7. The number of aliphatic hydroxyl groups excluding tert-OH is 1. The van der Waals surface area contributed by atoms with E-state index in [1.54, 1.807) is 116 Å². The molecule has 5 aromatic carbocycles. The van der Waals surface area contributed by atoms with Crippen LogP contribution < -0.4 is 36.1 Å². The lowest BCUT2D eigenvalue weighted by Gasteiger charge is -2.34. The lowest BCUT2D eigenvalue weighted by Crippen LogP contribution is -2.44. The number of esters is 4. The van der Waals surface area contributed by atoms with Gasteiger partial charge in [0.2, 0.25) is 0 Å². The minimum atomic E-state index is -4.46. The van der Waals surface area contributed by atoms with Crippen molar-refractivity contribution in [3.05, 3.63) is 122 Å². The van der Waals surface area contributed by atoms with E-state index in [2.05, 4.69) is 63.8 Å². The van der Waals surface area contributed by atoms with Crippen molar-refractivity contribution in [3.8, 4) is 35.7 Å². The highest BCUT2D eigenvalue weighted by molar-refractivity contribution is 14.1.